The molecule has 1 rings (SSSR count). The summed E-state index contributed by atoms with van der Waals surface area (Å²) in [5.74, 6) is 0.366. The summed E-state index contributed by atoms with van der Waals surface area (Å²) in [6.45, 7) is 4.20. The van der Waals surface area contributed by atoms with Crippen LogP contribution in [0.3, 0.4) is 0 Å². The van der Waals surface area contributed by atoms with Gasteiger partial charge in [-0.05, 0) is 27.9 Å². The zero-order valence-electron chi connectivity index (χ0n) is 9.21. The highest BCUT2D eigenvalue weighted by Gasteiger charge is 2.16. The minimum Gasteiger partial charge on any atom is -0.348 e. The smallest absolute Gasteiger partial charge is 0.253 e. The van der Waals surface area contributed by atoms with Gasteiger partial charge in [-0.15, -0.1) is 0 Å². The molecule has 0 radical (unpaired) electrons. The standard InChI is InChI=1S/C11H14BrIN2O/c1-7(2)10(4-13)15-11(16)8-3-9(12)6-14-5-8/h3,5-7,10H,4H2,1-2H3,(H,15,16). The number of nitrogens with one attached hydrogen (secondary N) is 1. The van der Waals surface area contributed by atoms with Crippen molar-refractivity contribution in [2.75, 3.05) is 4.43 Å². The molecule has 88 valence electrons. The van der Waals surface area contributed by atoms with Gasteiger partial charge in [0.25, 0.3) is 5.91 Å². The fraction of sp³-hybridized carbons (Fsp3) is 0.455. The lowest BCUT2D eigenvalue weighted by atomic mass is 10.1. The van der Waals surface area contributed by atoms with Crippen molar-refractivity contribution in [1.82, 2.24) is 10.3 Å². The average molecular weight is 397 g/mol. The third-order valence-electron chi connectivity index (χ3n) is 2.25. The first-order valence-corrected chi connectivity index (χ1v) is 7.34. The molecule has 1 unspecified atom stereocenters. The average Bonchev–Trinajstić information content (AvgIpc) is 2.25. The second-order valence-electron chi connectivity index (χ2n) is 3.87. The highest BCUT2D eigenvalue weighted by molar-refractivity contribution is 14.1. The van der Waals surface area contributed by atoms with Crippen LogP contribution < -0.4 is 5.32 Å². The van der Waals surface area contributed by atoms with Gasteiger partial charge in [-0.2, -0.15) is 0 Å². The number of halogens is 2. The Morgan fingerprint density at radius 3 is 2.75 bits per heavy atom. The number of alkyl halides is 1. The number of carbonyl (C=O) groups excluding carboxylic acids is 1. The summed E-state index contributed by atoms with van der Waals surface area (Å²) in [6, 6.07) is 1.97. The third-order valence-corrected chi connectivity index (χ3v) is 3.64. The van der Waals surface area contributed by atoms with E-state index in [2.05, 4.69) is 62.7 Å². The molecule has 3 nitrogen and oxygen atoms in total. The van der Waals surface area contributed by atoms with Gasteiger partial charge in [0.05, 0.1) is 5.56 Å². The molecule has 5 heteroatoms. The van der Waals surface area contributed by atoms with Crippen LogP contribution in [0.1, 0.15) is 24.2 Å². The van der Waals surface area contributed by atoms with Gasteiger partial charge < -0.3 is 5.32 Å². The van der Waals surface area contributed by atoms with Gasteiger partial charge in [-0.3, -0.25) is 9.78 Å². The largest absolute Gasteiger partial charge is 0.348 e. The highest BCUT2D eigenvalue weighted by Crippen LogP contribution is 2.11. The first-order valence-electron chi connectivity index (χ1n) is 5.02. The Morgan fingerprint density at radius 2 is 2.25 bits per heavy atom. The molecule has 1 amide bonds. The maximum atomic E-state index is 11.9. The van der Waals surface area contributed by atoms with Crippen molar-refractivity contribution < 1.29 is 4.79 Å². The minimum atomic E-state index is -0.0656. The molecule has 16 heavy (non-hydrogen) atoms. The summed E-state index contributed by atoms with van der Waals surface area (Å²) in [5, 5.41) is 3.00. The third kappa shape index (κ3) is 4.01. The highest BCUT2D eigenvalue weighted by atomic mass is 127. The maximum Gasteiger partial charge on any atom is 0.253 e. The monoisotopic (exact) mass is 396 g/mol. The maximum absolute atomic E-state index is 11.9. The Labute approximate surface area is 118 Å². The molecule has 0 aliphatic rings. The Morgan fingerprint density at radius 1 is 1.56 bits per heavy atom. The Kier molecular flexibility index (Phi) is 5.68. The molecule has 0 bridgehead atoms. The molecule has 0 spiro atoms. The van der Waals surface area contributed by atoms with Gasteiger partial charge in [0.15, 0.2) is 0 Å². The molecule has 1 aromatic rings. The van der Waals surface area contributed by atoms with Gasteiger partial charge in [-0.1, -0.05) is 36.4 Å². The minimum absolute atomic E-state index is 0.0656. The number of amides is 1. The number of nitrogens with zero attached hydrogens (tertiary/aromatic N) is 1. The predicted molar refractivity (Wildman–Crippen MR) is 76.9 cm³/mol. The summed E-state index contributed by atoms with van der Waals surface area (Å²) >= 11 is 5.58. The van der Waals surface area contributed by atoms with Gasteiger partial charge in [0.1, 0.15) is 0 Å². The lowest BCUT2D eigenvalue weighted by Crippen LogP contribution is -2.39. The van der Waals surface area contributed by atoms with E-state index in [0.717, 1.165) is 8.90 Å². The molecule has 0 fully saturated rings. The molecule has 0 aliphatic heterocycles. The zero-order valence-corrected chi connectivity index (χ0v) is 12.9. The van der Waals surface area contributed by atoms with E-state index in [-0.39, 0.29) is 11.9 Å². The molecular weight excluding hydrogens is 383 g/mol. The molecule has 0 saturated carbocycles. The van der Waals surface area contributed by atoms with Crippen LogP contribution in [0.5, 0.6) is 0 Å². The van der Waals surface area contributed by atoms with E-state index < -0.39 is 0 Å². The number of hydrogen-bond donors (Lipinski definition) is 1. The molecule has 1 atom stereocenters. The number of aromatic nitrogens is 1. The zero-order chi connectivity index (χ0) is 12.1. The molecule has 0 saturated heterocycles. The number of hydrogen-bond acceptors (Lipinski definition) is 2. The fourth-order valence-corrected chi connectivity index (χ4v) is 2.77. The van der Waals surface area contributed by atoms with E-state index in [1.54, 1.807) is 18.5 Å². The van der Waals surface area contributed by atoms with Crippen molar-refractivity contribution >= 4 is 44.4 Å². The lowest BCUT2D eigenvalue weighted by Gasteiger charge is -2.19. The van der Waals surface area contributed by atoms with E-state index >= 15 is 0 Å². The Hall–Kier alpha value is -0.170. The lowest BCUT2D eigenvalue weighted by molar-refractivity contribution is 0.0931. The number of rotatable bonds is 4. The first kappa shape index (κ1) is 13.9. The van der Waals surface area contributed by atoms with E-state index in [9.17, 15) is 4.79 Å². The molecule has 1 N–H and O–H groups in total. The van der Waals surface area contributed by atoms with Crippen LogP contribution in [-0.2, 0) is 0 Å². The Balaban J connectivity index is 2.72. The van der Waals surface area contributed by atoms with Gasteiger partial charge in [0.2, 0.25) is 0 Å². The summed E-state index contributed by atoms with van der Waals surface area (Å²) in [6.07, 6.45) is 3.24. The summed E-state index contributed by atoms with van der Waals surface area (Å²) < 4.78 is 1.72. The van der Waals surface area contributed by atoms with Crippen molar-refractivity contribution in [2.45, 2.75) is 19.9 Å². The first-order chi connectivity index (χ1) is 7.54. The van der Waals surface area contributed by atoms with E-state index in [0.29, 0.717) is 11.5 Å². The normalized spacial score (nSPS) is 12.6. The number of carbonyl (C=O) groups is 1. The molecule has 1 aromatic heterocycles. The van der Waals surface area contributed by atoms with Crippen LogP contribution in [0.4, 0.5) is 0 Å². The van der Waals surface area contributed by atoms with Crippen LogP contribution in [0.2, 0.25) is 0 Å². The van der Waals surface area contributed by atoms with Crippen molar-refractivity contribution in [3.05, 3.63) is 28.5 Å². The van der Waals surface area contributed by atoms with Gasteiger partial charge in [-0.25, -0.2) is 0 Å². The fourth-order valence-electron chi connectivity index (χ4n) is 1.17. The Bertz CT molecular complexity index is 371. The second-order valence-corrected chi connectivity index (χ2v) is 5.67. The molecule has 1 heterocycles. The van der Waals surface area contributed by atoms with E-state index in [4.69, 9.17) is 0 Å². The quantitative estimate of drug-likeness (QED) is 0.627. The van der Waals surface area contributed by atoms with Crippen LogP contribution in [0, 0.1) is 5.92 Å². The molecule has 0 aromatic carbocycles. The second kappa shape index (κ2) is 6.54. The summed E-state index contributed by atoms with van der Waals surface area (Å²) in [5.41, 5.74) is 0.588. The van der Waals surface area contributed by atoms with Crippen LogP contribution >= 0.6 is 38.5 Å². The van der Waals surface area contributed by atoms with Gasteiger partial charge in [0, 0.05) is 27.3 Å². The molecular formula is C11H14BrIN2O. The topological polar surface area (TPSA) is 42.0 Å². The summed E-state index contributed by atoms with van der Waals surface area (Å²) in [7, 11) is 0. The number of pyridine rings is 1. The van der Waals surface area contributed by atoms with Crippen LogP contribution in [-0.4, -0.2) is 21.4 Å². The van der Waals surface area contributed by atoms with E-state index in [1.807, 2.05) is 0 Å². The SMILES string of the molecule is CC(C)C(CI)NC(=O)c1cncc(Br)c1. The van der Waals surface area contributed by atoms with Crippen LogP contribution in [0.15, 0.2) is 22.9 Å². The van der Waals surface area contributed by atoms with Crippen LogP contribution in [0.25, 0.3) is 0 Å². The van der Waals surface area contributed by atoms with Gasteiger partial charge >= 0.3 is 0 Å². The van der Waals surface area contributed by atoms with E-state index in [1.165, 1.54) is 0 Å². The predicted octanol–water partition coefficient (Wildman–Crippen LogP) is 3.03. The van der Waals surface area contributed by atoms with Crippen molar-refractivity contribution in [3.63, 3.8) is 0 Å². The summed E-state index contributed by atoms with van der Waals surface area (Å²) in [4.78, 5) is 15.9. The molecule has 0 aliphatic carbocycles. The van der Waals surface area contributed by atoms with Crippen molar-refractivity contribution in [1.29, 1.82) is 0 Å². The van der Waals surface area contributed by atoms with Crippen molar-refractivity contribution in [3.8, 4) is 0 Å². The van der Waals surface area contributed by atoms with Crippen molar-refractivity contribution in [2.24, 2.45) is 5.92 Å².